The summed E-state index contributed by atoms with van der Waals surface area (Å²) in [5.41, 5.74) is 0. The van der Waals surface area contributed by atoms with Crippen LogP contribution < -0.4 is 10.1 Å². The van der Waals surface area contributed by atoms with E-state index in [2.05, 4.69) is 14.9 Å². The molecule has 108 valence electrons. The van der Waals surface area contributed by atoms with Crippen LogP contribution in [0.5, 0.6) is 5.75 Å². The van der Waals surface area contributed by atoms with Crippen molar-refractivity contribution in [1.82, 2.24) is 14.9 Å². The highest BCUT2D eigenvalue weighted by molar-refractivity contribution is 6.30. The van der Waals surface area contributed by atoms with Crippen LogP contribution in [0.15, 0.2) is 43.0 Å². The molecule has 5 heteroatoms. The van der Waals surface area contributed by atoms with E-state index >= 15 is 0 Å². The Morgan fingerprint density at radius 3 is 2.70 bits per heavy atom. The molecule has 1 aromatic carbocycles. The molecule has 0 aliphatic carbocycles. The van der Waals surface area contributed by atoms with Gasteiger partial charge in [-0.2, -0.15) is 0 Å². The van der Waals surface area contributed by atoms with Gasteiger partial charge in [0.2, 0.25) is 0 Å². The van der Waals surface area contributed by atoms with E-state index in [0.29, 0.717) is 0 Å². The predicted octanol–water partition coefficient (Wildman–Crippen LogP) is 2.99. The molecule has 0 saturated carbocycles. The van der Waals surface area contributed by atoms with Crippen LogP contribution in [0, 0.1) is 0 Å². The Hall–Kier alpha value is -1.52. The third-order valence-corrected chi connectivity index (χ3v) is 3.16. The highest BCUT2D eigenvalue weighted by atomic mass is 35.5. The van der Waals surface area contributed by atoms with Crippen LogP contribution in [-0.4, -0.2) is 29.2 Å². The second-order valence-corrected chi connectivity index (χ2v) is 5.00. The minimum Gasteiger partial charge on any atom is -0.494 e. The largest absolute Gasteiger partial charge is 0.494 e. The van der Waals surface area contributed by atoms with Gasteiger partial charge in [0.25, 0.3) is 0 Å². The van der Waals surface area contributed by atoms with Crippen LogP contribution in [0.4, 0.5) is 0 Å². The number of nitrogens with zero attached hydrogens (tertiary/aromatic N) is 2. The van der Waals surface area contributed by atoms with E-state index in [4.69, 9.17) is 16.3 Å². The van der Waals surface area contributed by atoms with Crippen LogP contribution in [0.3, 0.4) is 0 Å². The molecule has 0 amide bonds. The van der Waals surface area contributed by atoms with Crippen LogP contribution >= 0.6 is 11.6 Å². The molecule has 0 spiro atoms. The zero-order valence-corrected chi connectivity index (χ0v) is 12.2. The summed E-state index contributed by atoms with van der Waals surface area (Å²) < 4.78 is 7.70. The first kappa shape index (κ1) is 14.9. The second-order valence-electron chi connectivity index (χ2n) is 4.56. The molecule has 0 saturated heterocycles. The normalized spacial score (nSPS) is 10.7. The molecule has 1 heterocycles. The number of hydrogen-bond acceptors (Lipinski definition) is 3. The Morgan fingerprint density at radius 2 is 1.95 bits per heavy atom. The molecule has 0 unspecified atom stereocenters. The number of halogens is 1. The van der Waals surface area contributed by atoms with E-state index in [9.17, 15) is 0 Å². The molecule has 2 rings (SSSR count). The van der Waals surface area contributed by atoms with Crippen molar-refractivity contribution in [1.29, 1.82) is 0 Å². The van der Waals surface area contributed by atoms with Gasteiger partial charge >= 0.3 is 0 Å². The smallest absolute Gasteiger partial charge is 0.119 e. The number of hydrogen-bond donors (Lipinski definition) is 1. The third-order valence-electron chi connectivity index (χ3n) is 2.91. The highest BCUT2D eigenvalue weighted by Gasteiger charge is 1.94. The number of aryl methyl sites for hydroxylation is 1. The Morgan fingerprint density at radius 1 is 1.15 bits per heavy atom. The van der Waals surface area contributed by atoms with Crippen molar-refractivity contribution in [2.24, 2.45) is 0 Å². The third kappa shape index (κ3) is 5.63. The summed E-state index contributed by atoms with van der Waals surface area (Å²) in [6.07, 6.45) is 7.74. The zero-order chi connectivity index (χ0) is 14.0. The van der Waals surface area contributed by atoms with E-state index < -0.39 is 0 Å². The van der Waals surface area contributed by atoms with Crippen LogP contribution in [0.2, 0.25) is 5.02 Å². The molecule has 0 aliphatic rings. The highest BCUT2D eigenvalue weighted by Crippen LogP contribution is 2.15. The number of benzene rings is 1. The lowest BCUT2D eigenvalue weighted by molar-refractivity contribution is 0.308. The van der Waals surface area contributed by atoms with Gasteiger partial charge in [0.05, 0.1) is 12.9 Å². The topological polar surface area (TPSA) is 39.1 Å². The van der Waals surface area contributed by atoms with Gasteiger partial charge in [-0.15, -0.1) is 0 Å². The van der Waals surface area contributed by atoms with E-state index in [-0.39, 0.29) is 0 Å². The molecule has 0 atom stereocenters. The molecule has 2 aromatic rings. The maximum Gasteiger partial charge on any atom is 0.119 e. The first-order chi connectivity index (χ1) is 9.84. The fourth-order valence-corrected chi connectivity index (χ4v) is 1.97. The van der Waals surface area contributed by atoms with Crippen LogP contribution in [0.1, 0.15) is 12.8 Å². The average molecular weight is 294 g/mol. The van der Waals surface area contributed by atoms with E-state index in [1.54, 1.807) is 0 Å². The van der Waals surface area contributed by atoms with Crippen molar-refractivity contribution in [3.8, 4) is 5.75 Å². The maximum absolute atomic E-state index is 5.81. The number of imidazole rings is 1. The van der Waals surface area contributed by atoms with E-state index in [1.807, 2.05) is 43.0 Å². The fourth-order valence-electron chi connectivity index (χ4n) is 1.85. The summed E-state index contributed by atoms with van der Waals surface area (Å²) in [4.78, 5) is 4.01. The summed E-state index contributed by atoms with van der Waals surface area (Å²) in [6, 6.07) is 7.46. The van der Waals surface area contributed by atoms with E-state index in [1.165, 1.54) is 0 Å². The summed E-state index contributed by atoms with van der Waals surface area (Å²) in [5.74, 6) is 0.870. The van der Waals surface area contributed by atoms with Gasteiger partial charge in [0, 0.05) is 24.0 Å². The summed E-state index contributed by atoms with van der Waals surface area (Å²) in [6.45, 7) is 3.71. The van der Waals surface area contributed by atoms with E-state index in [0.717, 1.165) is 49.9 Å². The van der Waals surface area contributed by atoms with Gasteiger partial charge in [-0.05, 0) is 50.2 Å². The monoisotopic (exact) mass is 293 g/mol. The first-order valence-corrected chi connectivity index (χ1v) is 7.27. The lowest BCUT2D eigenvalue weighted by Crippen LogP contribution is -2.19. The lowest BCUT2D eigenvalue weighted by atomic mass is 10.3. The number of rotatable bonds is 9. The molecule has 0 radical (unpaired) electrons. The second kappa shape index (κ2) is 8.61. The molecule has 0 fully saturated rings. The van der Waals surface area contributed by atoms with Crippen molar-refractivity contribution in [2.45, 2.75) is 19.4 Å². The standard InChI is InChI=1S/C15H20ClN3O/c16-14-3-5-15(6-4-14)20-12-2-8-17-7-1-10-19-11-9-18-13-19/h3-6,9,11,13,17H,1-2,7-8,10,12H2. The molecule has 0 bridgehead atoms. The lowest BCUT2D eigenvalue weighted by Gasteiger charge is -2.07. The van der Waals surface area contributed by atoms with Crippen molar-refractivity contribution in [3.05, 3.63) is 48.0 Å². The summed E-state index contributed by atoms with van der Waals surface area (Å²) >= 11 is 5.81. The van der Waals surface area contributed by atoms with Crippen molar-refractivity contribution < 1.29 is 4.74 Å². The SMILES string of the molecule is Clc1ccc(OCCCNCCCn2ccnc2)cc1. The minimum atomic E-state index is 0.718. The number of nitrogens with one attached hydrogen (secondary N) is 1. The van der Waals surface area contributed by atoms with Gasteiger partial charge in [-0.25, -0.2) is 4.98 Å². The van der Waals surface area contributed by atoms with Crippen molar-refractivity contribution in [3.63, 3.8) is 0 Å². The van der Waals surface area contributed by atoms with Gasteiger partial charge in [0.1, 0.15) is 5.75 Å². The Bertz CT molecular complexity index is 470. The summed E-state index contributed by atoms with van der Waals surface area (Å²) in [5, 5.41) is 4.14. The van der Waals surface area contributed by atoms with Gasteiger partial charge in [-0.1, -0.05) is 11.6 Å². The van der Waals surface area contributed by atoms with Gasteiger partial charge in [-0.3, -0.25) is 0 Å². The van der Waals surface area contributed by atoms with Crippen LogP contribution in [-0.2, 0) is 6.54 Å². The molecule has 4 nitrogen and oxygen atoms in total. The Balaban J connectivity index is 1.44. The van der Waals surface area contributed by atoms with Crippen molar-refractivity contribution >= 4 is 11.6 Å². The number of ether oxygens (including phenoxy) is 1. The fraction of sp³-hybridized carbons (Fsp3) is 0.400. The van der Waals surface area contributed by atoms with Gasteiger partial charge in [0.15, 0.2) is 0 Å². The quantitative estimate of drug-likeness (QED) is 0.723. The molecule has 20 heavy (non-hydrogen) atoms. The molecule has 0 aliphatic heterocycles. The zero-order valence-electron chi connectivity index (χ0n) is 11.5. The molecule has 1 aromatic heterocycles. The number of aromatic nitrogens is 2. The summed E-state index contributed by atoms with van der Waals surface area (Å²) in [7, 11) is 0. The van der Waals surface area contributed by atoms with Crippen molar-refractivity contribution in [2.75, 3.05) is 19.7 Å². The predicted molar refractivity (Wildman–Crippen MR) is 81.3 cm³/mol. The average Bonchev–Trinajstić information content (AvgIpc) is 2.97. The Labute approximate surface area is 124 Å². The molecular weight excluding hydrogens is 274 g/mol. The van der Waals surface area contributed by atoms with Crippen LogP contribution in [0.25, 0.3) is 0 Å². The minimum absolute atomic E-state index is 0.718. The van der Waals surface area contributed by atoms with Gasteiger partial charge < -0.3 is 14.6 Å². The Kier molecular flexibility index (Phi) is 6.41. The molecule has 1 N–H and O–H groups in total. The first-order valence-electron chi connectivity index (χ1n) is 6.89. The maximum atomic E-state index is 5.81. The molecular formula is C15H20ClN3O.